The van der Waals surface area contributed by atoms with Crippen LogP contribution in [0, 0.1) is 5.92 Å². The van der Waals surface area contributed by atoms with Gasteiger partial charge in [-0.25, -0.2) is 4.68 Å². The molecule has 27 heavy (non-hydrogen) atoms. The predicted octanol–water partition coefficient (Wildman–Crippen LogP) is 0.554. The molecule has 138 valence electrons. The first-order valence-corrected chi connectivity index (χ1v) is 8.42. The van der Waals surface area contributed by atoms with Crippen molar-refractivity contribution < 1.29 is 9.59 Å². The number of amides is 2. The van der Waals surface area contributed by atoms with Crippen LogP contribution in [0.25, 0.3) is 5.69 Å². The van der Waals surface area contributed by atoms with Crippen molar-refractivity contribution in [3.05, 3.63) is 48.5 Å². The van der Waals surface area contributed by atoms with Gasteiger partial charge in [0, 0.05) is 32.4 Å². The molecule has 2 aromatic heterocycles. The molecule has 2 atom stereocenters. The molecule has 10 heteroatoms. The minimum absolute atomic E-state index is 0.0659. The fourth-order valence-corrected chi connectivity index (χ4v) is 3.42. The number of carbonyl (C=O) groups is 2. The highest BCUT2D eigenvalue weighted by Gasteiger charge is 2.43. The number of carbonyl (C=O) groups excluding carboxylic acids is 2. The zero-order chi connectivity index (χ0) is 19.0. The van der Waals surface area contributed by atoms with Crippen molar-refractivity contribution in [3.63, 3.8) is 0 Å². The normalized spacial score (nSPS) is 19.5. The van der Waals surface area contributed by atoms with E-state index in [-0.39, 0.29) is 24.3 Å². The number of aromatic nitrogens is 6. The van der Waals surface area contributed by atoms with Gasteiger partial charge in [0.2, 0.25) is 11.8 Å². The molecule has 1 fully saturated rings. The van der Waals surface area contributed by atoms with Gasteiger partial charge in [-0.2, -0.15) is 5.10 Å². The average Bonchev–Trinajstić information content (AvgIpc) is 3.38. The first kappa shape index (κ1) is 16.9. The molecule has 0 saturated carbocycles. The fraction of sp³-hybridized carbons (Fsp3) is 0.294. The number of likely N-dealkylation sites (tertiary alicyclic amines) is 1. The largest absolute Gasteiger partial charge is 0.336 e. The zero-order valence-corrected chi connectivity index (χ0v) is 14.9. The number of tetrazole rings is 1. The minimum atomic E-state index is -0.505. The first-order valence-electron chi connectivity index (χ1n) is 8.42. The van der Waals surface area contributed by atoms with Crippen LogP contribution in [0.15, 0.2) is 42.9 Å². The number of aryl methyl sites for hydroxylation is 1. The van der Waals surface area contributed by atoms with Gasteiger partial charge in [-0.15, -0.1) is 5.10 Å². The standard InChI is InChI=1S/C17H18N8O2/c1-23-15(26)9-13(16(23)14-6-7-19-24(14)2)17(27)20-11-4-3-5-12(8-11)25-10-18-21-22-25/h3-8,10,13,16H,9H2,1-2H3,(H,20,27). The van der Waals surface area contributed by atoms with Crippen molar-refractivity contribution in [2.45, 2.75) is 12.5 Å². The van der Waals surface area contributed by atoms with Crippen molar-refractivity contribution in [2.24, 2.45) is 13.0 Å². The molecule has 4 rings (SSSR count). The molecule has 3 heterocycles. The summed E-state index contributed by atoms with van der Waals surface area (Å²) in [5.41, 5.74) is 2.16. The second kappa shape index (κ2) is 6.63. The summed E-state index contributed by atoms with van der Waals surface area (Å²) < 4.78 is 3.19. The van der Waals surface area contributed by atoms with Gasteiger partial charge in [0.05, 0.1) is 23.3 Å². The smallest absolute Gasteiger partial charge is 0.230 e. The van der Waals surface area contributed by atoms with Gasteiger partial charge in [0.25, 0.3) is 0 Å². The van der Waals surface area contributed by atoms with Crippen molar-refractivity contribution in [1.29, 1.82) is 0 Å². The van der Waals surface area contributed by atoms with Crippen molar-refractivity contribution in [1.82, 2.24) is 34.9 Å². The van der Waals surface area contributed by atoms with Gasteiger partial charge in [0.15, 0.2) is 0 Å². The van der Waals surface area contributed by atoms with E-state index in [0.717, 1.165) is 11.4 Å². The molecule has 2 amide bonds. The lowest BCUT2D eigenvalue weighted by molar-refractivity contribution is -0.128. The monoisotopic (exact) mass is 366 g/mol. The number of rotatable bonds is 4. The number of anilines is 1. The minimum Gasteiger partial charge on any atom is -0.336 e. The third-order valence-electron chi connectivity index (χ3n) is 4.81. The number of nitrogens with one attached hydrogen (secondary N) is 1. The lowest BCUT2D eigenvalue weighted by Gasteiger charge is -2.24. The maximum atomic E-state index is 13.0. The van der Waals surface area contributed by atoms with Crippen LogP contribution in [0.3, 0.4) is 0 Å². The lowest BCUT2D eigenvalue weighted by Crippen LogP contribution is -2.31. The molecule has 0 spiro atoms. The Morgan fingerprint density at radius 2 is 2.11 bits per heavy atom. The summed E-state index contributed by atoms with van der Waals surface area (Å²) in [6, 6.07) is 8.67. The first-order chi connectivity index (χ1) is 13.0. The van der Waals surface area contributed by atoms with E-state index < -0.39 is 5.92 Å². The molecule has 0 radical (unpaired) electrons. The molecule has 1 aliphatic rings. The predicted molar refractivity (Wildman–Crippen MR) is 94.6 cm³/mol. The highest BCUT2D eigenvalue weighted by Crippen LogP contribution is 2.37. The van der Waals surface area contributed by atoms with E-state index >= 15 is 0 Å². The molecular weight excluding hydrogens is 348 g/mol. The SMILES string of the molecule is CN1C(=O)CC(C(=O)Nc2cccc(-n3cnnn3)c2)C1c1ccnn1C. The molecule has 10 nitrogen and oxygen atoms in total. The lowest BCUT2D eigenvalue weighted by atomic mass is 9.96. The van der Waals surface area contributed by atoms with Crippen LogP contribution in [-0.2, 0) is 16.6 Å². The molecule has 1 aromatic carbocycles. The molecule has 0 bridgehead atoms. The van der Waals surface area contributed by atoms with Crippen LogP contribution in [-0.4, -0.2) is 53.7 Å². The summed E-state index contributed by atoms with van der Waals surface area (Å²) in [7, 11) is 3.52. The van der Waals surface area contributed by atoms with E-state index in [1.165, 1.54) is 11.0 Å². The van der Waals surface area contributed by atoms with Crippen LogP contribution in [0.4, 0.5) is 5.69 Å². The van der Waals surface area contributed by atoms with Crippen LogP contribution < -0.4 is 5.32 Å². The summed E-state index contributed by atoms with van der Waals surface area (Å²) >= 11 is 0. The Hall–Kier alpha value is -3.56. The maximum absolute atomic E-state index is 13.0. The average molecular weight is 366 g/mol. The Labute approximate surface area is 154 Å². The van der Waals surface area contributed by atoms with Gasteiger partial charge in [0.1, 0.15) is 6.33 Å². The van der Waals surface area contributed by atoms with Crippen LogP contribution in [0.2, 0.25) is 0 Å². The molecule has 0 aliphatic carbocycles. The van der Waals surface area contributed by atoms with Crippen molar-refractivity contribution in [3.8, 4) is 5.69 Å². The van der Waals surface area contributed by atoms with E-state index in [4.69, 9.17) is 0 Å². The zero-order valence-electron chi connectivity index (χ0n) is 14.9. The van der Waals surface area contributed by atoms with Crippen molar-refractivity contribution >= 4 is 17.5 Å². The molecule has 2 unspecified atom stereocenters. The summed E-state index contributed by atoms with van der Waals surface area (Å²) in [6.45, 7) is 0. The second-order valence-electron chi connectivity index (χ2n) is 6.43. The topological polar surface area (TPSA) is 111 Å². The molecule has 1 N–H and O–H groups in total. The molecule has 1 aliphatic heterocycles. The highest BCUT2D eigenvalue weighted by atomic mass is 16.2. The highest BCUT2D eigenvalue weighted by molar-refractivity contribution is 5.98. The summed E-state index contributed by atoms with van der Waals surface area (Å²) in [6.07, 6.45) is 3.30. The Morgan fingerprint density at radius 1 is 1.26 bits per heavy atom. The van der Waals surface area contributed by atoms with Gasteiger partial charge >= 0.3 is 0 Å². The van der Waals surface area contributed by atoms with E-state index in [9.17, 15) is 9.59 Å². The van der Waals surface area contributed by atoms with Crippen LogP contribution >= 0.6 is 0 Å². The maximum Gasteiger partial charge on any atom is 0.230 e. The molecule has 3 aromatic rings. The number of nitrogens with zero attached hydrogens (tertiary/aromatic N) is 7. The van der Waals surface area contributed by atoms with Gasteiger partial charge in [-0.1, -0.05) is 6.07 Å². The Morgan fingerprint density at radius 3 is 2.81 bits per heavy atom. The van der Waals surface area contributed by atoms with Crippen LogP contribution in [0.1, 0.15) is 18.2 Å². The van der Waals surface area contributed by atoms with Gasteiger partial charge in [-0.05, 0) is 34.7 Å². The Balaban J connectivity index is 1.58. The van der Waals surface area contributed by atoms with E-state index in [1.54, 1.807) is 48.1 Å². The molecule has 1 saturated heterocycles. The Kier molecular flexibility index (Phi) is 4.15. The van der Waals surface area contributed by atoms with Crippen molar-refractivity contribution in [2.75, 3.05) is 12.4 Å². The summed E-state index contributed by atoms with van der Waals surface area (Å²) in [5.74, 6) is -0.786. The van der Waals surface area contributed by atoms with E-state index in [1.807, 2.05) is 12.1 Å². The number of hydrogen-bond acceptors (Lipinski definition) is 6. The summed E-state index contributed by atoms with van der Waals surface area (Å²) in [4.78, 5) is 26.8. The van der Waals surface area contributed by atoms with E-state index in [0.29, 0.717) is 5.69 Å². The summed E-state index contributed by atoms with van der Waals surface area (Å²) in [5, 5.41) is 18.1. The number of hydrogen-bond donors (Lipinski definition) is 1. The fourth-order valence-electron chi connectivity index (χ4n) is 3.42. The van der Waals surface area contributed by atoms with E-state index in [2.05, 4.69) is 25.9 Å². The van der Waals surface area contributed by atoms with Crippen LogP contribution in [0.5, 0.6) is 0 Å². The second-order valence-corrected chi connectivity index (χ2v) is 6.43. The van der Waals surface area contributed by atoms with Gasteiger partial charge in [-0.3, -0.25) is 14.3 Å². The molecular formula is C17H18N8O2. The number of benzene rings is 1. The Bertz CT molecular complexity index is 981. The third-order valence-corrected chi connectivity index (χ3v) is 4.81. The van der Waals surface area contributed by atoms with Gasteiger partial charge < -0.3 is 10.2 Å². The quantitative estimate of drug-likeness (QED) is 0.722. The third kappa shape index (κ3) is 3.05.